The number of carbonyl (C=O) groups excluding carboxylic acids is 2. The van der Waals surface area contributed by atoms with Crippen molar-refractivity contribution in [3.8, 4) is 0 Å². The molecule has 37 heavy (non-hydrogen) atoms. The van der Waals surface area contributed by atoms with E-state index in [1.807, 2.05) is 0 Å². The van der Waals surface area contributed by atoms with Crippen LogP contribution in [0.5, 0.6) is 0 Å². The SMILES string of the molecule is CN(C(=O)C1CCC1)N(Cc1ccc(C(F)(F)F)cn1)C(=O)c1ccc2nc(N)c3cnn(C)c3c2c1. The standard InChI is InChI=1S/C25H24F3N7O2/c1-33-21-18-10-15(6-9-20(18)32-22(29)19(21)12-31-33)24(37)35(34(2)23(36)14-4-3-5-14)13-17-8-7-16(11-30-17)25(26,27)28/h6-12,14H,3-5,13H2,1-2H3,(H2,29,32). The van der Waals surface area contributed by atoms with Crippen LogP contribution < -0.4 is 5.73 Å². The van der Waals surface area contributed by atoms with Crippen LogP contribution in [0.15, 0.2) is 42.7 Å². The number of hydrogen-bond acceptors (Lipinski definition) is 6. The second-order valence-electron chi connectivity index (χ2n) is 9.15. The molecular weight excluding hydrogens is 487 g/mol. The van der Waals surface area contributed by atoms with Crippen molar-refractivity contribution in [2.75, 3.05) is 12.8 Å². The molecule has 1 aliphatic carbocycles. The van der Waals surface area contributed by atoms with Gasteiger partial charge in [0.25, 0.3) is 5.91 Å². The number of fused-ring (bicyclic) bond motifs is 3. The van der Waals surface area contributed by atoms with Crippen molar-refractivity contribution < 1.29 is 22.8 Å². The van der Waals surface area contributed by atoms with E-state index in [-0.39, 0.29) is 29.6 Å². The van der Waals surface area contributed by atoms with Crippen LogP contribution in [0, 0.1) is 5.92 Å². The fourth-order valence-electron chi connectivity index (χ4n) is 4.43. The lowest BCUT2D eigenvalue weighted by Gasteiger charge is -2.36. The number of rotatable bonds is 4. The summed E-state index contributed by atoms with van der Waals surface area (Å²) in [6.45, 7) is -0.189. The van der Waals surface area contributed by atoms with Gasteiger partial charge in [-0.1, -0.05) is 6.42 Å². The fourth-order valence-corrected chi connectivity index (χ4v) is 4.43. The van der Waals surface area contributed by atoms with Crippen LogP contribution in [0.3, 0.4) is 0 Å². The summed E-state index contributed by atoms with van der Waals surface area (Å²) in [4.78, 5) is 35.1. The summed E-state index contributed by atoms with van der Waals surface area (Å²) in [7, 11) is 3.24. The van der Waals surface area contributed by atoms with Crippen molar-refractivity contribution >= 4 is 39.4 Å². The van der Waals surface area contributed by atoms with Crippen LogP contribution in [0.4, 0.5) is 19.0 Å². The fraction of sp³-hybridized carbons (Fsp3) is 0.320. The molecule has 5 rings (SSSR count). The Labute approximate surface area is 209 Å². The van der Waals surface area contributed by atoms with Crippen molar-refractivity contribution in [1.29, 1.82) is 0 Å². The summed E-state index contributed by atoms with van der Waals surface area (Å²) in [6, 6.07) is 7.01. The first-order chi connectivity index (χ1) is 17.5. The second-order valence-corrected chi connectivity index (χ2v) is 9.15. The van der Waals surface area contributed by atoms with Gasteiger partial charge >= 0.3 is 6.18 Å². The Bertz CT molecular complexity index is 1510. The van der Waals surface area contributed by atoms with Gasteiger partial charge in [-0.2, -0.15) is 18.3 Å². The number of aryl methyl sites for hydroxylation is 1. The van der Waals surface area contributed by atoms with Gasteiger partial charge < -0.3 is 5.73 Å². The van der Waals surface area contributed by atoms with Gasteiger partial charge in [-0.3, -0.25) is 24.3 Å². The van der Waals surface area contributed by atoms with E-state index < -0.39 is 17.6 Å². The maximum Gasteiger partial charge on any atom is 0.417 e. The minimum atomic E-state index is -4.53. The molecule has 1 aromatic carbocycles. The van der Waals surface area contributed by atoms with Gasteiger partial charge in [0.1, 0.15) is 5.82 Å². The molecule has 0 atom stereocenters. The van der Waals surface area contributed by atoms with Gasteiger partial charge in [0, 0.05) is 37.2 Å². The van der Waals surface area contributed by atoms with Crippen molar-refractivity contribution in [3.05, 3.63) is 59.5 Å². The molecule has 0 unspecified atom stereocenters. The Kier molecular flexibility index (Phi) is 5.97. The predicted molar refractivity (Wildman–Crippen MR) is 130 cm³/mol. The number of hydrazine groups is 1. The Morgan fingerprint density at radius 1 is 1.14 bits per heavy atom. The van der Waals surface area contributed by atoms with Crippen molar-refractivity contribution in [1.82, 2.24) is 29.8 Å². The normalized spacial score (nSPS) is 14.1. The smallest absolute Gasteiger partial charge is 0.383 e. The third kappa shape index (κ3) is 4.43. The number of anilines is 1. The number of alkyl halides is 3. The van der Waals surface area contributed by atoms with E-state index in [0.29, 0.717) is 27.6 Å². The van der Waals surface area contributed by atoms with Crippen molar-refractivity contribution in [2.45, 2.75) is 32.0 Å². The van der Waals surface area contributed by atoms with Gasteiger partial charge in [0.05, 0.1) is 40.4 Å². The highest BCUT2D eigenvalue weighted by molar-refractivity contribution is 6.10. The van der Waals surface area contributed by atoms with E-state index in [2.05, 4.69) is 15.1 Å². The third-order valence-corrected chi connectivity index (χ3v) is 6.79. The molecule has 192 valence electrons. The van der Waals surface area contributed by atoms with Crippen LogP contribution in [0.2, 0.25) is 0 Å². The molecule has 3 aromatic heterocycles. The van der Waals surface area contributed by atoms with E-state index in [1.165, 1.54) is 23.1 Å². The Hall–Kier alpha value is -4.22. The molecule has 2 amide bonds. The number of nitrogens with two attached hydrogens (primary N) is 1. The molecule has 12 heteroatoms. The Balaban J connectivity index is 1.53. The first-order valence-corrected chi connectivity index (χ1v) is 11.7. The number of carbonyl (C=O) groups is 2. The number of benzene rings is 1. The number of nitrogen functional groups attached to an aromatic ring is 1. The first-order valence-electron chi connectivity index (χ1n) is 11.7. The average Bonchev–Trinajstić information content (AvgIpc) is 3.22. The zero-order valence-corrected chi connectivity index (χ0v) is 20.2. The van der Waals surface area contributed by atoms with Crippen LogP contribution in [0.1, 0.15) is 40.9 Å². The summed E-state index contributed by atoms with van der Waals surface area (Å²) in [6.07, 6.45) is 0.171. The highest BCUT2D eigenvalue weighted by atomic mass is 19.4. The molecule has 3 heterocycles. The van der Waals surface area contributed by atoms with E-state index in [4.69, 9.17) is 5.73 Å². The van der Waals surface area contributed by atoms with E-state index >= 15 is 0 Å². The van der Waals surface area contributed by atoms with Crippen molar-refractivity contribution in [3.63, 3.8) is 0 Å². The van der Waals surface area contributed by atoms with Gasteiger partial charge in [-0.15, -0.1) is 0 Å². The zero-order valence-electron chi connectivity index (χ0n) is 20.2. The number of hydrogen-bond donors (Lipinski definition) is 1. The molecule has 0 radical (unpaired) electrons. The van der Waals surface area contributed by atoms with E-state index in [9.17, 15) is 22.8 Å². The molecule has 0 saturated heterocycles. The number of amides is 2. The lowest BCUT2D eigenvalue weighted by atomic mass is 9.85. The molecule has 0 spiro atoms. The quantitative estimate of drug-likeness (QED) is 0.416. The maximum absolute atomic E-state index is 13.8. The molecule has 0 bridgehead atoms. The summed E-state index contributed by atoms with van der Waals surface area (Å²) in [5.74, 6) is -0.615. The molecule has 1 fully saturated rings. The molecule has 9 nitrogen and oxygen atoms in total. The third-order valence-electron chi connectivity index (χ3n) is 6.79. The van der Waals surface area contributed by atoms with Gasteiger partial charge in [0.15, 0.2) is 0 Å². The monoisotopic (exact) mass is 511 g/mol. The molecular formula is C25H24F3N7O2. The number of nitrogens with zero attached hydrogens (tertiary/aromatic N) is 6. The van der Waals surface area contributed by atoms with Crippen LogP contribution in [-0.4, -0.2) is 48.6 Å². The topological polar surface area (TPSA) is 110 Å². The summed E-state index contributed by atoms with van der Waals surface area (Å²) >= 11 is 0. The average molecular weight is 512 g/mol. The predicted octanol–water partition coefficient (Wildman–Crippen LogP) is 3.93. The van der Waals surface area contributed by atoms with E-state index in [1.54, 1.807) is 36.1 Å². The molecule has 4 aromatic rings. The first kappa shape index (κ1) is 24.5. The number of pyridine rings is 2. The summed E-state index contributed by atoms with van der Waals surface area (Å²) in [5, 5.41) is 7.99. The van der Waals surface area contributed by atoms with Crippen LogP contribution in [-0.2, 0) is 24.6 Å². The minimum Gasteiger partial charge on any atom is -0.383 e. The van der Waals surface area contributed by atoms with Gasteiger partial charge in [-0.25, -0.2) is 9.99 Å². The van der Waals surface area contributed by atoms with Crippen LogP contribution >= 0.6 is 0 Å². The molecule has 2 N–H and O–H groups in total. The van der Waals surface area contributed by atoms with Crippen LogP contribution in [0.25, 0.3) is 21.8 Å². The molecule has 0 aliphatic heterocycles. The highest BCUT2D eigenvalue weighted by Crippen LogP contribution is 2.31. The van der Waals surface area contributed by atoms with Gasteiger partial charge in [0.2, 0.25) is 5.91 Å². The second kappa shape index (κ2) is 9.02. The summed E-state index contributed by atoms with van der Waals surface area (Å²) < 4.78 is 40.6. The molecule has 1 aliphatic rings. The number of aromatic nitrogens is 4. The largest absolute Gasteiger partial charge is 0.417 e. The van der Waals surface area contributed by atoms with E-state index in [0.717, 1.165) is 31.5 Å². The zero-order chi connectivity index (χ0) is 26.5. The minimum absolute atomic E-state index is 0.189. The Morgan fingerprint density at radius 3 is 2.51 bits per heavy atom. The number of halogens is 3. The summed E-state index contributed by atoms with van der Waals surface area (Å²) in [5.41, 5.74) is 6.91. The van der Waals surface area contributed by atoms with Crippen molar-refractivity contribution in [2.24, 2.45) is 13.0 Å². The maximum atomic E-state index is 13.8. The lowest BCUT2D eigenvalue weighted by Crippen LogP contribution is -2.50. The lowest BCUT2D eigenvalue weighted by molar-refractivity contribution is -0.150. The highest BCUT2D eigenvalue weighted by Gasteiger charge is 2.34. The molecule has 1 saturated carbocycles. The Morgan fingerprint density at radius 2 is 1.89 bits per heavy atom. The van der Waals surface area contributed by atoms with Gasteiger partial charge in [-0.05, 0) is 43.2 Å².